The molecule has 2 aliphatic carbocycles. The maximum absolute atomic E-state index is 10.1. The highest BCUT2D eigenvalue weighted by Crippen LogP contribution is 2.46. The van der Waals surface area contributed by atoms with Gasteiger partial charge in [0, 0.05) is 47.5 Å². The average molecular weight is 438 g/mol. The molecule has 0 spiro atoms. The van der Waals surface area contributed by atoms with Gasteiger partial charge in [-0.2, -0.15) is 0 Å². The van der Waals surface area contributed by atoms with Crippen LogP contribution in [0.3, 0.4) is 0 Å². The number of benzene rings is 1. The van der Waals surface area contributed by atoms with Gasteiger partial charge in [0.1, 0.15) is 0 Å². The molecule has 3 N–H and O–H groups in total. The van der Waals surface area contributed by atoms with Crippen LogP contribution in [0.15, 0.2) is 70.7 Å². The van der Waals surface area contributed by atoms with Crippen LogP contribution in [-0.4, -0.2) is 42.2 Å². The van der Waals surface area contributed by atoms with E-state index in [0.29, 0.717) is 18.8 Å². The van der Waals surface area contributed by atoms with Gasteiger partial charge in [0.05, 0.1) is 11.3 Å². The van der Waals surface area contributed by atoms with Crippen molar-refractivity contribution < 1.29 is 5.11 Å². The smallest absolute Gasteiger partial charge is 0.0795 e. The number of allylic oxidation sites excluding steroid dienone is 6. The molecule has 1 fully saturated rings. The molecule has 0 saturated heterocycles. The molecule has 5 heteroatoms. The number of nitrogens with zero attached hydrogens (tertiary/aromatic N) is 2. The van der Waals surface area contributed by atoms with Crippen LogP contribution in [0.25, 0.3) is 5.70 Å². The van der Waals surface area contributed by atoms with Crippen molar-refractivity contribution in [3.8, 4) is 0 Å². The highest BCUT2D eigenvalue weighted by Gasteiger charge is 2.49. The zero-order valence-corrected chi connectivity index (χ0v) is 19.8. The van der Waals surface area contributed by atoms with E-state index in [1.807, 2.05) is 32.8 Å². The van der Waals surface area contributed by atoms with Crippen LogP contribution < -0.4 is 5.73 Å². The Bertz CT molecular complexity index is 901. The lowest BCUT2D eigenvalue weighted by molar-refractivity contribution is -0.0738. The minimum atomic E-state index is -0.664. The first-order chi connectivity index (χ1) is 14.6. The van der Waals surface area contributed by atoms with Gasteiger partial charge in [-0.15, -0.1) is 11.8 Å². The van der Waals surface area contributed by atoms with Gasteiger partial charge in [0.2, 0.25) is 0 Å². The molecule has 3 rings (SSSR count). The van der Waals surface area contributed by atoms with E-state index in [1.165, 1.54) is 4.91 Å². The normalized spacial score (nSPS) is 28.0. The first-order valence-electron chi connectivity index (χ1n) is 10.8. The van der Waals surface area contributed by atoms with Gasteiger partial charge in [-0.25, -0.2) is 0 Å². The second kappa shape index (κ2) is 9.60. The molecule has 2 aliphatic rings. The first kappa shape index (κ1) is 23.6. The van der Waals surface area contributed by atoms with Crippen LogP contribution in [0.5, 0.6) is 0 Å². The predicted molar refractivity (Wildman–Crippen MR) is 135 cm³/mol. The summed E-state index contributed by atoms with van der Waals surface area (Å²) in [5, 5.41) is 10.1. The molecule has 1 aromatic rings. The van der Waals surface area contributed by atoms with Crippen LogP contribution in [0, 0.1) is 5.92 Å². The lowest BCUT2D eigenvalue weighted by atomic mass is 9.63. The second-order valence-corrected chi connectivity index (χ2v) is 10.3. The fourth-order valence-electron chi connectivity index (χ4n) is 4.41. The van der Waals surface area contributed by atoms with Crippen LogP contribution in [0.1, 0.15) is 43.7 Å². The molecular formula is C26H35N3OS. The van der Waals surface area contributed by atoms with Gasteiger partial charge in [-0.05, 0) is 44.9 Å². The molecule has 1 unspecified atom stereocenters. The van der Waals surface area contributed by atoms with E-state index in [-0.39, 0.29) is 0 Å². The van der Waals surface area contributed by atoms with Crippen LogP contribution >= 0.6 is 11.8 Å². The van der Waals surface area contributed by atoms with Gasteiger partial charge in [0.15, 0.2) is 0 Å². The van der Waals surface area contributed by atoms with Crippen molar-refractivity contribution in [2.75, 3.05) is 19.8 Å². The standard InChI is InChI=1S/C26H35N3OS/c1-19(29(4)5)15-16-31-24(21-9-7-6-8-10-21)23(28-3)20-11-13-22(14-12-20)26(27)17-25(2,30)18-26/h6-9,11-14,21,30H,1,3,10,15-18,27H2,2,4-5H3/b24-23-. The Kier molecular flexibility index (Phi) is 7.30. The lowest BCUT2D eigenvalue weighted by Gasteiger charge is -2.49. The van der Waals surface area contributed by atoms with Crippen molar-refractivity contribution in [3.63, 3.8) is 0 Å². The molecular weight excluding hydrogens is 402 g/mol. The summed E-state index contributed by atoms with van der Waals surface area (Å²) >= 11 is 1.84. The summed E-state index contributed by atoms with van der Waals surface area (Å²) in [4.78, 5) is 7.77. The van der Waals surface area contributed by atoms with Crippen molar-refractivity contribution in [3.05, 3.63) is 76.9 Å². The van der Waals surface area contributed by atoms with Crippen LogP contribution in [0.2, 0.25) is 0 Å². The summed E-state index contributed by atoms with van der Waals surface area (Å²) in [5.41, 5.74) is 9.56. The largest absolute Gasteiger partial charge is 0.390 e. The molecule has 166 valence electrons. The molecule has 1 atom stereocenters. The van der Waals surface area contributed by atoms with E-state index in [2.05, 4.69) is 71.8 Å². The Morgan fingerprint density at radius 1 is 1.26 bits per heavy atom. The number of hydrogen-bond donors (Lipinski definition) is 2. The van der Waals surface area contributed by atoms with E-state index in [9.17, 15) is 5.11 Å². The summed E-state index contributed by atoms with van der Waals surface area (Å²) < 4.78 is 0. The summed E-state index contributed by atoms with van der Waals surface area (Å²) in [6.07, 6.45) is 11.7. The molecule has 0 aromatic heterocycles. The van der Waals surface area contributed by atoms with Crippen molar-refractivity contribution in [2.24, 2.45) is 16.6 Å². The quantitative estimate of drug-likeness (QED) is 0.529. The fraction of sp³-hybridized carbons (Fsp3) is 0.423. The van der Waals surface area contributed by atoms with Crippen molar-refractivity contribution in [1.82, 2.24) is 4.90 Å². The zero-order chi connectivity index (χ0) is 22.6. The van der Waals surface area contributed by atoms with Crippen molar-refractivity contribution in [2.45, 2.75) is 43.7 Å². The number of rotatable bonds is 9. The van der Waals surface area contributed by atoms with Crippen molar-refractivity contribution in [1.29, 1.82) is 0 Å². The highest BCUT2D eigenvalue weighted by atomic mass is 32.2. The molecule has 1 saturated carbocycles. The molecule has 31 heavy (non-hydrogen) atoms. The summed E-state index contributed by atoms with van der Waals surface area (Å²) in [7, 11) is 4.06. The molecule has 0 radical (unpaired) electrons. The molecule has 0 amide bonds. The van der Waals surface area contributed by atoms with Gasteiger partial charge >= 0.3 is 0 Å². The number of aliphatic hydroxyl groups is 1. The fourth-order valence-corrected chi connectivity index (χ4v) is 5.68. The van der Waals surface area contributed by atoms with E-state index in [0.717, 1.165) is 41.1 Å². The number of thioether (sulfide) groups is 1. The van der Waals surface area contributed by atoms with E-state index in [1.54, 1.807) is 0 Å². The average Bonchev–Trinajstić information content (AvgIpc) is 2.72. The summed E-state index contributed by atoms with van der Waals surface area (Å²) in [5.74, 6) is 1.24. The topological polar surface area (TPSA) is 61.8 Å². The Hall–Kier alpha value is -2.08. The third-order valence-electron chi connectivity index (χ3n) is 6.12. The minimum absolute atomic E-state index is 0.297. The molecule has 0 aliphatic heterocycles. The number of aliphatic imine (C=N–C) groups is 1. The van der Waals surface area contributed by atoms with Crippen LogP contribution in [-0.2, 0) is 5.54 Å². The zero-order valence-electron chi connectivity index (χ0n) is 19.0. The third kappa shape index (κ3) is 5.59. The van der Waals surface area contributed by atoms with E-state index < -0.39 is 11.1 Å². The SMILES string of the molecule is C=N/C(=C(\SCCC(=C)N(C)C)C1C=CC=CC1)c1ccc(C2(N)CC(C)(O)C2)cc1. The first-order valence-corrected chi connectivity index (χ1v) is 11.8. The maximum atomic E-state index is 10.1. The second-order valence-electron chi connectivity index (χ2n) is 9.17. The Labute approximate surface area is 191 Å². The Morgan fingerprint density at radius 3 is 2.45 bits per heavy atom. The maximum Gasteiger partial charge on any atom is 0.0795 e. The third-order valence-corrected chi connectivity index (χ3v) is 7.33. The molecule has 4 nitrogen and oxygen atoms in total. The highest BCUT2D eigenvalue weighted by molar-refractivity contribution is 8.03. The lowest BCUT2D eigenvalue weighted by Crippen LogP contribution is -2.58. The van der Waals surface area contributed by atoms with E-state index >= 15 is 0 Å². The van der Waals surface area contributed by atoms with Gasteiger partial charge in [-0.3, -0.25) is 4.99 Å². The van der Waals surface area contributed by atoms with Gasteiger partial charge < -0.3 is 15.7 Å². The van der Waals surface area contributed by atoms with Gasteiger partial charge in [0.25, 0.3) is 0 Å². The van der Waals surface area contributed by atoms with Gasteiger partial charge in [-0.1, -0.05) is 55.1 Å². The van der Waals surface area contributed by atoms with Crippen molar-refractivity contribution >= 4 is 24.2 Å². The minimum Gasteiger partial charge on any atom is -0.390 e. The number of nitrogens with two attached hydrogens (primary N) is 1. The number of hydrogen-bond acceptors (Lipinski definition) is 5. The Balaban J connectivity index is 1.86. The molecule has 0 heterocycles. The molecule has 0 bridgehead atoms. The predicted octanol–water partition coefficient (Wildman–Crippen LogP) is 5.09. The summed E-state index contributed by atoms with van der Waals surface area (Å²) in [6.45, 7) is 9.89. The summed E-state index contributed by atoms with van der Waals surface area (Å²) in [6, 6.07) is 8.32. The molecule has 1 aromatic carbocycles. The monoisotopic (exact) mass is 437 g/mol. The van der Waals surface area contributed by atoms with Crippen LogP contribution in [0.4, 0.5) is 0 Å². The Morgan fingerprint density at radius 2 is 1.94 bits per heavy atom. The van der Waals surface area contributed by atoms with E-state index in [4.69, 9.17) is 5.73 Å².